The molecule has 0 aliphatic rings. The predicted octanol–water partition coefficient (Wildman–Crippen LogP) is 1.10. The van der Waals surface area contributed by atoms with E-state index in [-0.39, 0.29) is 29.8 Å². The van der Waals surface area contributed by atoms with Crippen LogP contribution in [0.25, 0.3) is 32.8 Å². The van der Waals surface area contributed by atoms with Crippen LogP contribution < -0.4 is 28.5 Å². The topological polar surface area (TPSA) is 19.7 Å². The molecule has 2 aromatic heterocycles. The highest BCUT2D eigenvalue weighted by atomic mass is 127. The van der Waals surface area contributed by atoms with Crippen LogP contribution in [0.2, 0.25) is 5.02 Å². The van der Waals surface area contributed by atoms with Gasteiger partial charge in [-0.15, -0.1) is 0 Å². The zero-order valence-electron chi connectivity index (χ0n) is 11.1. The summed E-state index contributed by atoms with van der Waals surface area (Å²) in [6.07, 6.45) is 0. The second kappa shape index (κ2) is 5.10. The second-order valence-corrected chi connectivity index (χ2v) is 5.31. The van der Waals surface area contributed by atoms with Crippen molar-refractivity contribution in [3.63, 3.8) is 0 Å². The number of nitrogens with zero attached hydrogens (tertiary/aromatic N) is 1. The normalized spacial score (nSPS) is 11.2. The van der Waals surface area contributed by atoms with E-state index in [4.69, 9.17) is 11.6 Å². The van der Waals surface area contributed by atoms with Crippen LogP contribution in [-0.4, -0.2) is 4.98 Å². The summed E-state index contributed by atoms with van der Waals surface area (Å²) in [6, 6.07) is 12.7. The fourth-order valence-corrected chi connectivity index (χ4v) is 3.17. The van der Waals surface area contributed by atoms with Gasteiger partial charge in [-0.1, -0.05) is 23.7 Å². The summed E-state index contributed by atoms with van der Waals surface area (Å²) in [5.41, 5.74) is 3.64. The minimum Gasteiger partial charge on any atom is -1.00 e. The Labute approximate surface area is 142 Å². The first-order valence-corrected chi connectivity index (χ1v) is 6.72. The van der Waals surface area contributed by atoms with E-state index in [1.807, 2.05) is 31.3 Å². The number of rotatable bonds is 0. The van der Waals surface area contributed by atoms with Crippen LogP contribution in [0.5, 0.6) is 0 Å². The van der Waals surface area contributed by atoms with E-state index >= 15 is 0 Å². The third-order valence-electron chi connectivity index (χ3n) is 3.79. The first-order valence-electron chi connectivity index (χ1n) is 6.34. The lowest BCUT2D eigenvalue weighted by Crippen LogP contribution is -3.00. The predicted molar refractivity (Wildman–Crippen MR) is 79.5 cm³/mol. The third kappa shape index (κ3) is 2.00. The Morgan fingerprint density at radius 1 is 1.10 bits per heavy atom. The first kappa shape index (κ1) is 14.5. The van der Waals surface area contributed by atoms with Crippen molar-refractivity contribution >= 4 is 44.4 Å². The number of halogens is 3. The number of hydrogen-bond donors (Lipinski definition) is 1. The maximum absolute atomic E-state index is 13.4. The smallest absolute Gasteiger partial charge is 0.240 e. The van der Waals surface area contributed by atoms with Gasteiger partial charge in [-0.3, -0.25) is 0 Å². The van der Waals surface area contributed by atoms with Gasteiger partial charge in [0.25, 0.3) is 0 Å². The summed E-state index contributed by atoms with van der Waals surface area (Å²) < 4.78 is 15.5. The first-order chi connectivity index (χ1) is 9.66. The summed E-state index contributed by atoms with van der Waals surface area (Å²) in [5, 5.41) is 2.62. The van der Waals surface area contributed by atoms with E-state index in [0.717, 1.165) is 32.8 Å². The summed E-state index contributed by atoms with van der Waals surface area (Å²) in [4.78, 5) is 3.23. The number of aromatic nitrogens is 2. The molecule has 106 valence electrons. The van der Waals surface area contributed by atoms with E-state index in [9.17, 15) is 4.39 Å². The third-order valence-corrected chi connectivity index (χ3v) is 4.18. The molecule has 4 rings (SSSR count). The van der Waals surface area contributed by atoms with Gasteiger partial charge in [0.15, 0.2) is 0 Å². The van der Waals surface area contributed by atoms with Gasteiger partial charge in [-0.25, -0.2) is 4.39 Å². The van der Waals surface area contributed by atoms with Crippen LogP contribution in [0.15, 0.2) is 42.5 Å². The molecule has 4 aromatic rings. The second-order valence-electron chi connectivity index (χ2n) is 4.93. The van der Waals surface area contributed by atoms with Crippen LogP contribution >= 0.6 is 11.6 Å². The van der Waals surface area contributed by atoms with Crippen LogP contribution in [0.1, 0.15) is 0 Å². The number of aryl methyl sites for hydroxylation is 1. The molecule has 0 spiro atoms. The van der Waals surface area contributed by atoms with Gasteiger partial charge in [-0.2, -0.15) is 4.57 Å². The van der Waals surface area contributed by atoms with Gasteiger partial charge in [-0.05, 0) is 24.3 Å². The van der Waals surface area contributed by atoms with Crippen molar-refractivity contribution in [1.29, 1.82) is 0 Å². The average molecular weight is 413 g/mol. The van der Waals surface area contributed by atoms with E-state index in [0.29, 0.717) is 5.02 Å². The summed E-state index contributed by atoms with van der Waals surface area (Å²) in [5.74, 6) is -0.257. The van der Waals surface area contributed by atoms with Gasteiger partial charge in [0.2, 0.25) is 11.0 Å². The fourth-order valence-electron chi connectivity index (χ4n) is 2.87. The summed E-state index contributed by atoms with van der Waals surface area (Å²) in [7, 11) is 2.00. The molecule has 5 heteroatoms. The Balaban J connectivity index is 0.00000132. The largest absolute Gasteiger partial charge is 1.00 e. The van der Waals surface area contributed by atoms with E-state index in [1.54, 1.807) is 6.07 Å². The molecule has 0 saturated heterocycles. The van der Waals surface area contributed by atoms with Gasteiger partial charge >= 0.3 is 0 Å². The lowest BCUT2D eigenvalue weighted by Gasteiger charge is -2.01. The molecule has 0 saturated carbocycles. The zero-order valence-corrected chi connectivity index (χ0v) is 14.0. The van der Waals surface area contributed by atoms with Crippen molar-refractivity contribution < 1.29 is 32.9 Å². The number of benzene rings is 2. The quantitative estimate of drug-likeness (QED) is 0.330. The number of para-hydroxylation sites is 1. The molecule has 21 heavy (non-hydrogen) atoms. The molecule has 0 bridgehead atoms. The molecule has 2 heterocycles. The van der Waals surface area contributed by atoms with Crippen molar-refractivity contribution in [3.8, 4) is 0 Å². The van der Waals surface area contributed by atoms with Crippen molar-refractivity contribution in [1.82, 2.24) is 4.98 Å². The van der Waals surface area contributed by atoms with E-state index in [1.165, 1.54) is 12.1 Å². The molecule has 0 aliphatic heterocycles. The molecule has 2 nitrogen and oxygen atoms in total. The molecule has 0 fully saturated rings. The number of nitrogens with one attached hydrogen (secondary N) is 1. The monoisotopic (exact) mass is 412 g/mol. The molecule has 0 unspecified atom stereocenters. The van der Waals surface area contributed by atoms with E-state index in [2.05, 4.69) is 9.55 Å². The Morgan fingerprint density at radius 2 is 1.86 bits per heavy atom. The molecule has 0 amide bonds. The molecule has 1 N–H and O–H groups in total. The molecular weight excluding hydrogens is 402 g/mol. The highest BCUT2D eigenvalue weighted by molar-refractivity contribution is 6.40. The number of pyridine rings is 1. The SMILES string of the molecule is C[n+]1c2ccccc2c(Cl)c2[nH]c3cc(F)ccc3c21.[I-]. The highest BCUT2D eigenvalue weighted by Gasteiger charge is 2.21. The Kier molecular flexibility index (Phi) is 3.53. The standard InChI is InChI=1S/C16H10ClFN2.HI/c1-20-13-5-3-2-4-11(13)14(17)15-16(20)10-7-6-9(18)8-12(10)19-15;/h2-8H,1H3;1H. The minimum absolute atomic E-state index is 0. The van der Waals surface area contributed by atoms with Gasteiger partial charge in [0.05, 0.1) is 21.3 Å². The molecular formula is C16H11ClFIN2. The molecule has 0 atom stereocenters. The van der Waals surface area contributed by atoms with Crippen molar-refractivity contribution in [3.05, 3.63) is 53.3 Å². The van der Waals surface area contributed by atoms with Crippen LogP contribution in [0, 0.1) is 5.82 Å². The van der Waals surface area contributed by atoms with Crippen LogP contribution in [0.4, 0.5) is 4.39 Å². The van der Waals surface area contributed by atoms with Gasteiger partial charge < -0.3 is 29.0 Å². The Bertz CT molecular complexity index is 994. The Hall–Kier alpha value is -1.40. The summed E-state index contributed by atoms with van der Waals surface area (Å²) in [6.45, 7) is 0. The lowest BCUT2D eigenvalue weighted by molar-refractivity contribution is -0.616. The number of hydrogen-bond acceptors (Lipinski definition) is 0. The van der Waals surface area contributed by atoms with Crippen LogP contribution in [0.3, 0.4) is 0 Å². The summed E-state index contributed by atoms with van der Waals surface area (Å²) >= 11 is 6.52. The van der Waals surface area contributed by atoms with Crippen LogP contribution in [-0.2, 0) is 7.05 Å². The molecule has 2 aromatic carbocycles. The Morgan fingerprint density at radius 3 is 2.67 bits per heavy atom. The van der Waals surface area contributed by atoms with Gasteiger partial charge in [0.1, 0.15) is 18.4 Å². The molecule has 0 aliphatic carbocycles. The average Bonchev–Trinajstić information content (AvgIpc) is 2.83. The van der Waals surface area contributed by atoms with Crippen molar-refractivity contribution in [2.45, 2.75) is 0 Å². The van der Waals surface area contributed by atoms with Crippen molar-refractivity contribution in [2.75, 3.05) is 0 Å². The molecule has 0 radical (unpaired) electrons. The number of aromatic amines is 1. The van der Waals surface area contributed by atoms with Crippen molar-refractivity contribution in [2.24, 2.45) is 7.05 Å². The number of H-pyrrole nitrogens is 1. The minimum atomic E-state index is -0.257. The maximum atomic E-state index is 13.4. The maximum Gasteiger partial charge on any atom is 0.240 e. The lowest BCUT2D eigenvalue weighted by atomic mass is 10.1. The van der Waals surface area contributed by atoms with Gasteiger partial charge in [0, 0.05) is 6.07 Å². The van der Waals surface area contributed by atoms with E-state index < -0.39 is 0 Å². The fraction of sp³-hybridized carbons (Fsp3) is 0.0625. The number of fused-ring (bicyclic) bond motifs is 4. The highest BCUT2D eigenvalue weighted by Crippen LogP contribution is 2.32. The zero-order chi connectivity index (χ0) is 13.9.